The Balaban J connectivity index is 3.24. The van der Waals surface area contributed by atoms with Gasteiger partial charge in [0.15, 0.2) is 0 Å². The number of aromatic nitrogens is 1. The molecule has 0 saturated carbocycles. The van der Waals surface area contributed by atoms with Gasteiger partial charge >= 0.3 is 0 Å². The summed E-state index contributed by atoms with van der Waals surface area (Å²) >= 11 is 0. The molecule has 0 fully saturated rings. The van der Waals surface area contributed by atoms with Crippen molar-refractivity contribution in [3.05, 3.63) is 28.6 Å². The number of hydrogen-bond acceptors (Lipinski definition) is 5. The number of pyridine rings is 1. The minimum absolute atomic E-state index is 0.157. The van der Waals surface area contributed by atoms with E-state index in [0.717, 1.165) is 18.5 Å². The molecule has 0 atom stereocenters. The lowest BCUT2D eigenvalue weighted by atomic mass is 10.4. The zero-order valence-electron chi connectivity index (χ0n) is 9.53. The number of nitrogens with zero attached hydrogens (tertiary/aromatic N) is 3. The third-order valence-electron chi connectivity index (χ3n) is 2.25. The summed E-state index contributed by atoms with van der Waals surface area (Å²) in [4.78, 5) is 13.3. The summed E-state index contributed by atoms with van der Waals surface area (Å²) in [6, 6.07) is 1.01. The Morgan fingerprint density at radius 2 is 1.94 bits per heavy atom. The van der Waals surface area contributed by atoms with Gasteiger partial charge in [-0.05, 0) is 0 Å². The van der Waals surface area contributed by atoms with Crippen molar-refractivity contribution < 1.29 is 13.3 Å². The molecule has 0 bridgehead atoms. The summed E-state index contributed by atoms with van der Waals surface area (Å²) < 4.78 is 25.3. The Bertz CT molecular complexity index is 511. The molecule has 0 amide bonds. The second kappa shape index (κ2) is 5.19. The highest BCUT2D eigenvalue weighted by Gasteiger charge is 2.23. The van der Waals surface area contributed by atoms with Crippen LogP contribution in [0, 0.1) is 10.1 Å². The minimum Gasteiger partial charge on any atom is -0.258 e. The first-order chi connectivity index (χ1) is 7.93. The Labute approximate surface area is 99.3 Å². The molecular formula is C9H13N3O4S. The van der Waals surface area contributed by atoms with Crippen LogP contribution in [0.5, 0.6) is 0 Å². The summed E-state index contributed by atoms with van der Waals surface area (Å²) in [5, 5.41) is 10.5. The zero-order chi connectivity index (χ0) is 13.1. The molecule has 1 heterocycles. The fraction of sp³-hybridized carbons (Fsp3) is 0.444. The van der Waals surface area contributed by atoms with Gasteiger partial charge in [0.2, 0.25) is 10.0 Å². The summed E-state index contributed by atoms with van der Waals surface area (Å²) in [6.45, 7) is 4.01. The number of nitro groups is 1. The van der Waals surface area contributed by atoms with Crippen LogP contribution in [0.4, 0.5) is 5.69 Å². The van der Waals surface area contributed by atoms with Gasteiger partial charge in [0.1, 0.15) is 11.1 Å². The Morgan fingerprint density at radius 3 is 2.41 bits per heavy atom. The maximum Gasteiger partial charge on any atom is 0.288 e. The van der Waals surface area contributed by atoms with Crippen LogP contribution in [-0.4, -0.2) is 35.7 Å². The molecule has 0 saturated heterocycles. The van der Waals surface area contributed by atoms with Gasteiger partial charge in [-0.2, -0.15) is 4.31 Å². The molecule has 94 valence electrons. The quantitative estimate of drug-likeness (QED) is 0.581. The minimum atomic E-state index is -3.69. The van der Waals surface area contributed by atoms with Crippen LogP contribution in [0.2, 0.25) is 0 Å². The van der Waals surface area contributed by atoms with Crippen LogP contribution in [0.1, 0.15) is 13.8 Å². The number of rotatable bonds is 5. The van der Waals surface area contributed by atoms with Crippen molar-refractivity contribution in [2.75, 3.05) is 13.1 Å². The summed E-state index contributed by atoms with van der Waals surface area (Å²) in [7, 11) is -3.69. The van der Waals surface area contributed by atoms with Gasteiger partial charge in [0.25, 0.3) is 5.69 Å². The lowest BCUT2D eigenvalue weighted by Crippen LogP contribution is -2.30. The van der Waals surface area contributed by atoms with Gasteiger partial charge in [0.05, 0.1) is 4.92 Å². The van der Waals surface area contributed by atoms with Crippen LogP contribution in [0.15, 0.2) is 23.4 Å². The fourth-order valence-corrected chi connectivity index (χ4v) is 2.80. The first-order valence-corrected chi connectivity index (χ1v) is 6.47. The molecule has 0 radical (unpaired) electrons. The van der Waals surface area contributed by atoms with E-state index in [1.54, 1.807) is 13.8 Å². The molecule has 1 aromatic rings. The molecule has 7 nitrogen and oxygen atoms in total. The van der Waals surface area contributed by atoms with Crippen LogP contribution >= 0.6 is 0 Å². The van der Waals surface area contributed by atoms with Gasteiger partial charge in [0, 0.05) is 25.4 Å². The fourth-order valence-electron chi connectivity index (χ4n) is 1.36. The van der Waals surface area contributed by atoms with Gasteiger partial charge in [-0.25, -0.2) is 8.42 Å². The number of sulfonamides is 1. The zero-order valence-corrected chi connectivity index (χ0v) is 10.3. The molecule has 0 N–H and O–H groups in total. The maximum atomic E-state index is 12.0. The van der Waals surface area contributed by atoms with Gasteiger partial charge in [-0.3, -0.25) is 15.1 Å². The van der Waals surface area contributed by atoms with E-state index in [-0.39, 0.29) is 10.6 Å². The van der Waals surface area contributed by atoms with Crippen LogP contribution in [0.3, 0.4) is 0 Å². The third kappa shape index (κ3) is 2.77. The lowest BCUT2D eigenvalue weighted by Gasteiger charge is -2.17. The highest BCUT2D eigenvalue weighted by molar-refractivity contribution is 7.89. The van der Waals surface area contributed by atoms with E-state index in [1.165, 1.54) is 4.31 Å². The molecule has 0 aromatic carbocycles. The monoisotopic (exact) mass is 259 g/mol. The van der Waals surface area contributed by atoms with E-state index in [2.05, 4.69) is 4.98 Å². The molecule has 0 spiro atoms. The molecule has 17 heavy (non-hydrogen) atoms. The standard InChI is InChI=1S/C9H13N3O4S/c1-3-11(4-2)17(15,16)9-5-8(12(13)14)6-10-7-9/h5-7H,3-4H2,1-2H3. The highest BCUT2D eigenvalue weighted by Crippen LogP contribution is 2.19. The topological polar surface area (TPSA) is 93.4 Å². The van der Waals surface area contributed by atoms with Crippen LogP contribution < -0.4 is 0 Å². The number of hydrogen-bond donors (Lipinski definition) is 0. The van der Waals surface area contributed by atoms with Gasteiger partial charge in [-0.1, -0.05) is 13.8 Å². The summed E-state index contributed by atoms with van der Waals surface area (Å²) in [5.41, 5.74) is -0.335. The predicted octanol–water partition coefficient (Wildman–Crippen LogP) is 1.02. The molecule has 0 aliphatic rings. The van der Waals surface area contributed by atoms with E-state index >= 15 is 0 Å². The maximum absolute atomic E-state index is 12.0. The smallest absolute Gasteiger partial charge is 0.258 e. The average molecular weight is 259 g/mol. The molecule has 0 unspecified atom stereocenters. The van der Waals surface area contributed by atoms with E-state index in [9.17, 15) is 18.5 Å². The van der Waals surface area contributed by atoms with E-state index in [4.69, 9.17) is 0 Å². The molecule has 0 aliphatic heterocycles. The first-order valence-electron chi connectivity index (χ1n) is 5.03. The first kappa shape index (κ1) is 13.5. The Kier molecular flexibility index (Phi) is 4.13. The Hall–Kier alpha value is -1.54. The van der Waals surface area contributed by atoms with Gasteiger partial charge in [-0.15, -0.1) is 0 Å². The van der Waals surface area contributed by atoms with E-state index in [1.807, 2.05) is 0 Å². The van der Waals surface area contributed by atoms with E-state index < -0.39 is 14.9 Å². The van der Waals surface area contributed by atoms with Gasteiger partial charge < -0.3 is 0 Å². The third-order valence-corrected chi connectivity index (χ3v) is 4.27. The van der Waals surface area contributed by atoms with Crippen LogP contribution in [0.25, 0.3) is 0 Å². The van der Waals surface area contributed by atoms with Crippen molar-refractivity contribution in [2.45, 2.75) is 18.7 Å². The molecule has 1 rings (SSSR count). The van der Waals surface area contributed by atoms with Crippen molar-refractivity contribution in [1.29, 1.82) is 0 Å². The second-order valence-corrected chi connectivity index (χ2v) is 5.16. The van der Waals surface area contributed by atoms with Crippen molar-refractivity contribution in [1.82, 2.24) is 9.29 Å². The predicted molar refractivity (Wildman–Crippen MR) is 61.0 cm³/mol. The average Bonchev–Trinajstić information content (AvgIpc) is 2.30. The summed E-state index contributed by atoms with van der Waals surface area (Å²) in [5.74, 6) is 0. The second-order valence-electron chi connectivity index (χ2n) is 3.23. The lowest BCUT2D eigenvalue weighted by molar-refractivity contribution is -0.385. The largest absolute Gasteiger partial charge is 0.288 e. The van der Waals surface area contributed by atoms with Crippen molar-refractivity contribution >= 4 is 15.7 Å². The van der Waals surface area contributed by atoms with Crippen molar-refractivity contribution in [3.8, 4) is 0 Å². The van der Waals surface area contributed by atoms with Crippen molar-refractivity contribution in [2.24, 2.45) is 0 Å². The van der Waals surface area contributed by atoms with Crippen molar-refractivity contribution in [3.63, 3.8) is 0 Å². The molecular weight excluding hydrogens is 246 g/mol. The molecule has 1 aromatic heterocycles. The molecule has 0 aliphatic carbocycles. The van der Waals surface area contributed by atoms with Crippen LogP contribution in [-0.2, 0) is 10.0 Å². The SMILES string of the molecule is CCN(CC)S(=O)(=O)c1cncc([N+](=O)[O-])c1. The summed E-state index contributed by atoms with van der Waals surface area (Å²) in [6.07, 6.45) is 2.13. The molecule has 8 heteroatoms. The van der Waals surface area contributed by atoms with E-state index in [0.29, 0.717) is 13.1 Å². The Morgan fingerprint density at radius 1 is 1.35 bits per heavy atom. The normalized spacial score (nSPS) is 11.7. The highest BCUT2D eigenvalue weighted by atomic mass is 32.2.